The van der Waals surface area contributed by atoms with E-state index in [1.807, 2.05) is 6.92 Å². The van der Waals surface area contributed by atoms with Crippen LogP contribution in [0.15, 0.2) is 39.8 Å². The van der Waals surface area contributed by atoms with E-state index < -0.39 is 10.0 Å². The molecule has 0 fully saturated rings. The molecule has 0 amide bonds. The van der Waals surface area contributed by atoms with Crippen molar-refractivity contribution >= 4 is 27.4 Å². The van der Waals surface area contributed by atoms with Gasteiger partial charge in [-0.3, -0.25) is 0 Å². The second-order valence-electron chi connectivity index (χ2n) is 3.74. The van der Waals surface area contributed by atoms with Crippen molar-refractivity contribution in [3.63, 3.8) is 0 Å². The summed E-state index contributed by atoms with van der Waals surface area (Å²) in [5.74, 6) is 0.137. The van der Waals surface area contributed by atoms with Gasteiger partial charge in [-0.2, -0.15) is 8.42 Å². The van der Waals surface area contributed by atoms with Gasteiger partial charge in [0, 0.05) is 6.20 Å². The Morgan fingerprint density at radius 3 is 2.80 bits per heavy atom. The molecule has 1 aromatic carbocycles. The van der Waals surface area contributed by atoms with Crippen molar-refractivity contribution < 1.29 is 17.9 Å². The SMILES string of the molecule is Cc1ncc(COc2ccccc2S(=O)(=O)N=C=O)s1. The lowest BCUT2D eigenvalue weighted by molar-refractivity contribution is 0.301. The molecule has 8 heteroatoms. The van der Waals surface area contributed by atoms with E-state index in [0.29, 0.717) is 0 Å². The zero-order valence-electron chi connectivity index (χ0n) is 10.4. The predicted molar refractivity (Wildman–Crippen MR) is 72.9 cm³/mol. The van der Waals surface area contributed by atoms with Gasteiger partial charge in [0.05, 0.1) is 9.88 Å². The summed E-state index contributed by atoms with van der Waals surface area (Å²) in [5.41, 5.74) is 0. The Hall–Kier alpha value is -2.02. The molecule has 0 atom stereocenters. The molecule has 0 bridgehead atoms. The van der Waals surface area contributed by atoms with Crippen LogP contribution in [0.5, 0.6) is 5.75 Å². The first-order valence-corrected chi connectivity index (χ1v) is 7.76. The van der Waals surface area contributed by atoms with Crippen LogP contribution in [-0.2, 0) is 21.4 Å². The standard InChI is InChI=1S/C12H10N2O4S2/c1-9-13-6-10(19-9)7-18-11-4-2-3-5-12(11)20(16,17)14-8-15/h2-6H,7H2,1H3. The number of hydrogen-bond acceptors (Lipinski definition) is 6. The van der Waals surface area contributed by atoms with Crippen molar-refractivity contribution in [3.05, 3.63) is 40.3 Å². The summed E-state index contributed by atoms with van der Waals surface area (Å²) in [6.07, 6.45) is 2.70. The van der Waals surface area contributed by atoms with Gasteiger partial charge < -0.3 is 4.74 Å². The minimum atomic E-state index is -4.08. The van der Waals surface area contributed by atoms with Gasteiger partial charge in [0.2, 0.25) is 0 Å². The highest BCUT2D eigenvalue weighted by Crippen LogP contribution is 2.26. The summed E-state index contributed by atoms with van der Waals surface area (Å²) < 4.78 is 31.8. The Balaban J connectivity index is 2.27. The summed E-state index contributed by atoms with van der Waals surface area (Å²) in [4.78, 5) is 15.0. The summed E-state index contributed by atoms with van der Waals surface area (Å²) in [6.45, 7) is 2.06. The van der Waals surface area contributed by atoms with Crippen molar-refractivity contribution in [3.8, 4) is 5.75 Å². The molecule has 1 heterocycles. The Morgan fingerprint density at radius 2 is 2.15 bits per heavy atom. The number of hydrogen-bond donors (Lipinski definition) is 0. The number of aryl methyl sites for hydroxylation is 1. The van der Waals surface area contributed by atoms with Crippen LogP contribution in [0.3, 0.4) is 0 Å². The highest BCUT2D eigenvalue weighted by atomic mass is 32.2. The first kappa shape index (κ1) is 14.4. The molecule has 0 N–H and O–H groups in total. The summed E-state index contributed by atoms with van der Waals surface area (Å²) >= 11 is 1.46. The van der Waals surface area contributed by atoms with Crippen molar-refractivity contribution in [2.45, 2.75) is 18.4 Å². The maximum absolute atomic E-state index is 11.7. The molecule has 2 aromatic rings. The normalized spacial score (nSPS) is 10.8. The lowest BCUT2D eigenvalue weighted by Crippen LogP contribution is -2.02. The van der Waals surface area contributed by atoms with Gasteiger partial charge in [0.25, 0.3) is 16.1 Å². The van der Waals surface area contributed by atoms with Gasteiger partial charge in [-0.15, -0.1) is 11.3 Å². The summed E-state index contributed by atoms with van der Waals surface area (Å²) in [6, 6.07) is 5.98. The van der Waals surface area contributed by atoms with Gasteiger partial charge in [0.15, 0.2) is 0 Å². The first-order valence-electron chi connectivity index (χ1n) is 5.50. The average molecular weight is 310 g/mol. The number of thiazole rings is 1. The molecule has 6 nitrogen and oxygen atoms in total. The van der Waals surface area contributed by atoms with E-state index in [4.69, 9.17) is 4.74 Å². The molecular weight excluding hydrogens is 300 g/mol. The molecular formula is C12H10N2O4S2. The fourth-order valence-corrected chi connectivity index (χ4v) is 3.04. The molecule has 0 aliphatic carbocycles. The van der Waals surface area contributed by atoms with Crippen LogP contribution < -0.4 is 4.74 Å². The minimum absolute atomic E-state index is 0.137. The van der Waals surface area contributed by atoms with E-state index in [9.17, 15) is 13.2 Å². The third-order valence-electron chi connectivity index (χ3n) is 2.32. The van der Waals surface area contributed by atoms with Crippen molar-refractivity contribution in [2.75, 3.05) is 0 Å². The Labute approximate surface area is 119 Å². The number of carbonyl (C=O) groups excluding carboxylic acids is 1. The largest absolute Gasteiger partial charge is 0.487 e. The van der Waals surface area contributed by atoms with Gasteiger partial charge in [-0.05, 0) is 19.1 Å². The third-order valence-corrected chi connectivity index (χ3v) is 4.42. The molecule has 0 radical (unpaired) electrons. The zero-order chi connectivity index (χ0) is 14.6. The van der Waals surface area contributed by atoms with Crippen LogP contribution in [0.4, 0.5) is 0 Å². The number of aromatic nitrogens is 1. The van der Waals surface area contributed by atoms with E-state index in [-0.39, 0.29) is 17.3 Å². The maximum atomic E-state index is 11.7. The number of nitrogens with zero attached hydrogens (tertiary/aromatic N) is 2. The van der Waals surface area contributed by atoms with E-state index in [1.54, 1.807) is 12.3 Å². The van der Waals surface area contributed by atoms with Gasteiger partial charge >= 0.3 is 0 Å². The van der Waals surface area contributed by atoms with Crippen LogP contribution in [0.2, 0.25) is 0 Å². The second kappa shape index (κ2) is 5.96. The smallest absolute Gasteiger partial charge is 0.296 e. The maximum Gasteiger partial charge on any atom is 0.296 e. The fraction of sp³-hybridized carbons (Fsp3) is 0.167. The number of rotatable bonds is 5. The van der Waals surface area contributed by atoms with Crippen molar-refractivity contribution in [1.29, 1.82) is 0 Å². The monoisotopic (exact) mass is 310 g/mol. The Kier molecular flexibility index (Phi) is 4.29. The van der Waals surface area contributed by atoms with E-state index in [1.165, 1.54) is 29.5 Å². The summed E-state index contributed by atoms with van der Waals surface area (Å²) in [7, 11) is -4.08. The van der Waals surface area contributed by atoms with Gasteiger partial charge in [0.1, 0.15) is 17.3 Å². The zero-order valence-corrected chi connectivity index (χ0v) is 12.1. The summed E-state index contributed by atoms with van der Waals surface area (Å²) in [5, 5.41) is 0.898. The number of sulfonamides is 1. The van der Waals surface area contributed by atoms with Gasteiger partial charge in [-0.25, -0.2) is 9.78 Å². The van der Waals surface area contributed by atoms with Gasteiger partial charge in [-0.1, -0.05) is 16.5 Å². The van der Waals surface area contributed by atoms with Crippen LogP contribution in [0.25, 0.3) is 0 Å². The quantitative estimate of drug-likeness (QED) is 0.623. The highest BCUT2D eigenvalue weighted by molar-refractivity contribution is 7.90. The molecule has 0 spiro atoms. The van der Waals surface area contributed by atoms with Crippen molar-refractivity contribution in [1.82, 2.24) is 4.98 Å². The number of para-hydroxylation sites is 1. The molecule has 0 unspecified atom stereocenters. The number of ether oxygens (including phenoxy) is 1. The lowest BCUT2D eigenvalue weighted by atomic mass is 10.3. The van der Waals surface area contributed by atoms with Crippen LogP contribution in [0.1, 0.15) is 9.88 Å². The highest BCUT2D eigenvalue weighted by Gasteiger charge is 2.18. The molecule has 104 valence electrons. The molecule has 2 rings (SSSR count). The van der Waals surface area contributed by atoms with Crippen LogP contribution >= 0.6 is 11.3 Å². The van der Waals surface area contributed by atoms with Crippen LogP contribution in [0, 0.1) is 6.92 Å². The minimum Gasteiger partial charge on any atom is -0.487 e. The molecule has 0 aliphatic heterocycles. The lowest BCUT2D eigenvalue weighted by Gasteiger charge is -2.08. The van der Waals surface area contributed by atoms with Crippen LogP contribution in [-0.4, -0.2) is 19.5 Å². The molecule has 0 aliphatic rings. The van der Waals surface area contributed by atoms with E-state index >= 15 is 0 Å². The Morgan fingerprint density at radius 1 is 1.40 bits per heavy atom. The molecule has 0 saturated heterocycles. The number of benzene rings is 1. The second-order valence-corrected chi connectivity index (χ2v) is 6.63. The predicted octanol–water partition coefficient (Wildman–Crippen LogP) is 2.06. The topological polar surface area (TPSA) is 85.7 Å². The van der Waals surface area contributed by atoms with E-state index in [0.717, 1.165) is 16.0 Å². The van der Waals surface area contributed by atoms with E-state index in [2.05, 4.69) is 9.38 Å². The molecule has 20 heavy (non-hydrogen) atoms. The third kappa shape index (κ3) is 3.30. The Bertz CT molecular complexity index is 761. The van der Waals surface area contributed by atoms with Crippen molar-refractivity contribution in [2.24, 2.45) is 4.40 Å². The molecule has 1 aromatic heterocycles. The average Bonchev–Trinajstić information content (AvgIpc) is 2.82. The molecule has 0 saturated carbocycles. The fourth-order valence-electron chi connectivity index (χ4n) is 1.50. The number of isocyanates is 1. The first-order chi connectivity index (χ1) is 9.53.